The molecule has 1 fully saturated rings. The van der Waals surface area contributed by atoms with Crippen LogP contribution in [0.4, 0.5) is 0 Å². The van der Waals surface area contributed by atoms with E-state index in [0.29, 0.717) is 25.8 Å². The molecular weight excluding hydrogens is 301 g/mol. The molecule has 6 heteroatoms. The molecule has 1 atom stereocenters. The van der Waals surface area contributed by atoms with Gasteiger partial charge in [-0.05, 0) is 31.4 Å². The van der Waals surface area contributed by atoms with Crippen molar-refractivity contribution in [1.29, 1.82) is 0 Å². The minimum Gasteiger partial charge on any atom is -0.479 e. The van der Waals surface area contributed by atoms with Crippen LogP contribution in [0.2, 0.25) is 10.0 Å². The van der Waals surface area contributed by atoms with Crippen LogP contribution in [0.3, 0.4) is 0 Å². The van der Waals surface area contributed by atoms with Gasteiger partial charge in [-0.25, -0.2) is 4.79 Å². The summed E-state index contributed by atoms with van der Waals surface area (Å²) in [4.78, 5) is 25.6. The number of carboxylic acid groups (broad SMARTS) is 1. The lowest BCUT2D eigenvalue weighted by Crippen LogP contribution is -2.52. The van der Waals surface area contributed by atoms with Crippen molar-refractivity contribution in [1.82, 2.24) is 4.90 Å². The molecule has 1 aliphatic heterocycles. The lowest BCUT2D eigenvalue weighted by Gasteiger charge is -2.34. The van der Waals surface area contributed by atoms with Crippen molar-refractivity contribution in [2.45, 2.75) is 31.7 Å². The van der Waals surface area contributed by atoms with E-state index in [0.717, 1.165) is 0 Å². The van der Waals surface area contributed by atoms with Gasteiger partial charge in [0.2, 0.25) is 0 Å². The van der Waals surface area contributed by atoms with Crippen molar-refractivity contribution in [2.75, 3.05) is 6.54 Å². The second-order valence-electron chi connectivity index (χ2n) is 4.85. The number of benzene rings is 1. The molecule has 0 bridgehead atoms. The van der Waals surface area contributed by atoms with Crippen LogP contribution in [-0.4, -0.2) is 34.0 Å². The summed E-state index contributed by atoms with van der Waals surface area (Å²) < 4.78 is 0. The van der Waals surface area contributed by atoms with Crippen LogP contribution < -0.4 is 0 Å². The first kappa shape index (κ1) is 15.1. The maximum absolute atomic E-state index is 12.6. The highest BCUT2D eigenvalue weighted by molar-refractivity contribution is 6.43. The first-order valence-electron chi connectivity index (χ1n) is 6.43. The summed E-state index contributed by atoms with van der Waals surface area (Å²) in [6.07, 6.45) is 1.50. The van der Waals surface area contributed by atoms with Gasteiger partial charge in [0.05, 0.1) is 15.6 Å². The highest BCUT2D eigenvalue weighted by Gasteiger charge is 2.48. The molecule has 1 aliphatic rings. The number of rotatable bonds is 3. The topological polar surface area (TPSA) is 57.6 Å². The van der Waals surface area contributed by atoms with E-state index in [1.807, 2.05) is 0 Å². The van der Waals surface area contributed by atoms with E-state index in [4.69, 9.17) is 23.2 Å². The Morgan fingerprint density at radius 2 is 2.10 bits per heavy atom. The summed E-state index contributed by atoms with van der Waals surface area (Å²) in [5.74, 6) is -1.34. The molecule has 108 valence electrons. The first-order valence-corrected chi connectivity index (χ1v) is 7.19. The van der Waals surface area contributed by atoms with Crippen LogP contribution in [0.15, 0.2) is 18.2 Å². The largest absolute Gasteiger partial charge is 0.479 e. The Morgan fingerprint density at radius 1 is 1.40 bits per heavy atom. The molecule has 1 N–H and O–H groups in total. The minimum atomic E-state index is -1.14. The average molecular weight is 316 g/mol. The summed E-state index contributed by atoms with van der Waals surface area (Å²) in [5, 5.41) is 9.96. The number of halogens is 2. The van der Waals surface area contributed by atoms with Crippen LogP contribution in [0.25, 0.3) is 0 Å². The highest BCUT2D eigenvalue weighted by atomic mass is 35.5. The van der Waals surface area contributed by atoms with Gasteiger partial charge in [0.25, 0.3) is 5.91 Å². The van der Waals surface area contributed by atoms with Crippen LogP contribution in [0, 0.1) is 0 Å². The quantitative estimate of drug-likeness (QED) is 0.929. The number of amides is 1. The van der Waals surface area contributed by atoms with Crippen LogP contribution in [-0.2, 0) is 4.79 Å². The van der Waals surface area contributed by atoms with E-state index in [1.165, 1.54) is 4.90 Å². The third-order valence-electron chi connectivity index (χ3n) is 3.90. The summed E-state index contributed by atoms with van der Waals surface area (Å²) in [7, 11) is 0. The fourth-order valence-electron chi connectivity index (χ4n) is 2.73. The molecule has 1 heterocycles. The van der Waals surface area contributed by atoms with E-state index < -0.39 is 11.5 Å². The van der Waals surface area contributed by atoms with E-state index in [2.05, 4.69) is 0 Å². The van der Waals surface area contributed by atoms with Gasteiger partial charge in [-0.3, -0.25) is 4.79 Å². The molecule has 1 unspecified atom stereocenters. The highest BCUT2D eigenvalue weighted by Crippen LogP contribution is 2.36. The molecule has 1 saturated heterocycles. The van der Waals surface area contributed by atoms with Gasteiger partial charge in [-0.15, -0.1) is 0 Å². The van der Waals surface area contributed by atoms with Gasteiger partial charge >= 0.3 is 5.97 Å². The summed E-state index contributed by atoms with van der Waals surface area (Å²) in [5.41, 5.74) is -0.886. The minimum absolute atomic E-state index is 0.168. The predicted octanol–water partition coefficient (Wildman–Crippen LogP) is 3.46. The van der Waals surface area contributed by atoms with Crippen LogP contribution in [0.1, 0.15) is 36.5 Å². The van der Waals surface area contributed by atoms with Crippen molar-refractivity contribution in [3.05, 3.63) is 33.8 Å². The summed E-state index contributed by atoms with van der Waals surface area (Å²) >= 11 is 12.0. The van der Waals surface area contributed by atoms with Gasteiger partial charge in [0.15, 0.2) is 0 Å². The maximum atomic E-state index is 12.6. The van der Waals surface area contributed by atoms with Gasteiger partial charge in [-0.1, -0.05) is 36.2 Å². The second-order valence-corrected chi connectivity index (χ2v) is 5.64. The fourth-order valence-corrected chi connectivity index (χ4v) is 3.11. The van der Waals surface area contributed by atoms with Crippen molar-refractivity contribution < 1.29 is 14.7 Å². The lowest BCUT2D eigenvalue weighted by atomic mass is 9.92. The molecule has 0 saturated carbocycles. The number of hydrogen-bond donors (Lipinski definition) is 1. The molecule has 4 nitrogen and oxygen atoms in total. The summed E-state index contributed by atoms with van der Waals surface area (Å²) in [6, 6.07) is 4.79. The van der Waals surface area contributed by atoms with Gasteiger partial charge < -0.3 is 10.0 Å². The molecule has 1 aromatic rings. The Hall–Kier alpha value is -1.26. The number of likely N-dealkylation sites (tertiary alicyclic amines) is 1. The molecule has 1 amide bonds. The average Bonchev–Trinajstić information content (AvgIpc) is 2.86. The summed E-state index contributed by atoms with van der Waals surface area (Å²) in [6.45, 7) is 2.20. The van der Waals surface area contributed by atoms with Crippen molar-refractivity contribution >= 4 is 35.1 Å². The zero-order valence-electron chi connectivity index (χ0n) is 11.0. The predicted molar refractivity (Wildman–Crippen MR) is 77.4 cm³/mol. The van der Waals surface area contributed by atoms with Crippen molar-refractivity contribution in [2.24, 2.45) is 0 Å². The van der Waals surface area contributed by atoms with E-state index >= 15 is 0 Å². The standard InChI is InChI=1S/C14H15Cl2NO3/c1-2-14(13(19)20)7-4-8-17(14)12(18)9-5-3-6-10(15)11(9)16/h3,5-6H,2,4,7-8H2,1H3,(H,19,20). The molecule has 1 aromatic carbocycles. The second kappa shape index (κ2) is 5.62. The molecule has 20 heavy (non-hydrogen) atoms. The van der Waals surface area contributed by atoms with Crippen LogP contribution >= 0.6 is 23.2 Å². The van der Waals surface area contributed by atoms with E-state index in [-0.39, 0.29) is 21.5 Å². The molecular formula is C14H15Cl2NO3. The molecule has 0 radical (unpaired) electrons. The number of carboxylic acids is 1. The van der Waals surface area contributed by atoms with Gasteiger partial charge in [0.1, 0.15) is 5.54 Å². The molecule has 0 spiro atoms. The molecule has 2 rings (SSSR count). The first-order chi connectivity index (χ1) is 9.44. The molecule has 0 aliphatic carbocycles. The zero-order chi connectivity index (χ0) is 14.9. The van der Waals surface area contributed by atoms with E-state index in [1.54, 1.807) is 25.1 Å². The molecule has 0 aromatic heterocycles. The number of nitrogens with zero attached hydrogens (tertiary/aromatic N) is 1. The maximum Gasteiger partial charge on any atom is 0.329 e. The van der Waals surface area contributed by atoms with Crippen molar-refractivity contribution in [3.8, 4) is 0 Å². The monoisotopic (exact) mass is 315 g/mol. The van der Waals surface area contributed by atoms with E-state index in [9.17, 15) is 14.7 Å². The third-order valence-corrected chi connectivity index (χ3v) is 4.72. The normalized spacial score (nSPS) is 22.1. The zero-order valence-corrected chi connectivity index (χ0v) is 12.5. The Balaban J connectivity index is 2.42. The number of carbonyl (C=O) groups is 2. The Kier molecular flexibility index (Phi) is 4.25. The lowest BCUT2D eigenvalue weighted by molar-refractivity contribution is -0.148. The SMILES string of the molecule is CCC1(C(=O)O)CCCN1C(=O)c1cccc(Cl)c1Cl. The Morgan fingerprint density at radius 3 is 2.70 bits per heavy atom. The smallest absolute Gasteiger partial charge is 0.329 e. The van der Waals surface area contributed by atoms with Crippen molar-refractivity contribution in [3.63, 3.8) is 0 Å². The number of carbonyl (C=O) groups excluding carboxylic acids is 1. The Bertz CT molecular complexity index is 561. The number of hydrogen-bond acceptors (Lipinski definition) is 2. The third kappa shape index (κ3) is 2.27. The number of aliphatic carboxylic acids is 1. The fraction of sp³-hybridized carbons (Fsp3) is 0.429. The van der Waals surface area contributed by atoms with Gasteiger partial charge in [-0.2, -0.15) is 0 Å². The van der Waals surface area contributed by atoms with Crippen LogP contribution in [0.5, 0.6) is 0 Å². The van der Waals surface area contributed by atoms with Gasteiger partial charge in [0, 0.05) is 6.54 Å². The Labute approximate surface area is 127 Å².